The minimum absolute atomic E-state index is 0.252. The second-order valence-corrected chi connectivity index (χ2v) is 3.11. The minimum atomic E-state index is -4.39. The summed E-state index contributed by atoms with van der Waals surface area (Å²) < 4.78 is 36.9. The van der Waals surface area contributed by atoms with E-state index in [1.165, 1.54) is 6.07 Å². The first-order valence-electron chi connectivity index (χ1n) is 4.16. The summed E-state index contributed by atoms with van der Waals surface area (Å²) in [7, 11) is 0. The predicted octanol–water partition coefficient (Wildman–Crippen LogP) is 2.07. The maximum absolute atomic E-state index is 12.3. The van der Waals surface area contributed by atoms with Crippen LogP contribution < -0.4 is 0 Å². The van der Waals surface area contributed by atoms with E-state index >= 15 is 0 Å². The zero-order valence-corrected chi connectivity index (χ0v) is 7.47. The number of rotatable bonds is 1. The molecule has 2 heterocycles. The van der Waals surface area contributed by atoms with Crippen LogP contribution in [0.5, 0.6) is 0 Å². The van der Waals surface area contributed by atoms with Crippen LogP contribution in [-0.4, -0.2) is 15.1 Å². The van der Waals surface area contributed by atoms with E-state index in [4.69, 9.17) is 5.11 Å². The molecule has 0 aliphatic heterocycles. The topological polar surface area (TPSA) is 48.9 Å². The van der Waals surface area contributed by atoms with Gasteiger partial charge in [0.2, 0.25) is 0 Å². The van der Waals surface area contributed by atoms with Crippen LogP contribution in [0.4, 0.5) is 13.2 Å². The van der Waals surface area contributed by atoms with E-state index in [-0.39, 0.29) is 6.61 Å². The van der Waals surface area contributed by atoms with Gasteiger partial charge in [-0.15, -0.1) is 0 Å². The molecule has 0 amide bonds. The van der Waals surface area contributed by atoms with Crippen molar-refractivity contribution in [3.8, 4) is 0 Å². The Kier molecular flexibility index (Phi) is 2.15. The molecule has 0 aromatic carbocycles. The Morgan fingerprint density at radius 1 is 1.33 bits per heavy atom. The smallest absolute Gasteiger partial charge is 0.390 e. The van der Waals surface area contributed by atoms with Gasteiger partial charge in [0.1, 0.15) is 5.65 Å². The fraction of sp³-hybridized carbons (Fsp3) is 0.222. The number of H-pyrrole nitrogens is 1. The third-order valence-electron chi connectivity index (χ3n) is 2.02. The first-order valence-corrected chi connectivity index (χ1v) is 4.16. The normalized spacial score (nSPS) is 12.3. The summed E-state index contributed by atoms with van der Waals surface area (Å²) in [6.07, 6.45) is -3.63. The average Bonchev–Trinajstić information content (AvgIpc) is 2.57. The van der Waals surface area contributed by atoms with Crippen molar-refractivity contribution in [2.45, 2.75) is 12.8 Å². The van der Waals surface area contributed by atoms with E-state index in [0.29, 0.717) is 16.7 Å². The maximum Gasteiger partial charge on any atom is 0.417 e. The second-order valence-electron chi connectivity index (χ2n) is 3.11. The number of hydrogen-bond donors (Lipinski definition) is 2. The Morgan fingerprint density at radius 3 is 2.67 bits per heavy atom. The summed E-state index contributed by atoms with van der Waals surface area (Å²) >= 11 is 0. The number of alkyl halides is 3. The molecule has 0 fully saturated rings. The van der Waals surface area contributed by atoms with E-state index in [0.717, 1.165) is 12.3 Å². The molecule has 15 heavy (non-hydrogen) atoms. The minimum Gasteiger partial charge on any atom is -0.390 e. The van der Waals surface area contributed by atoms with Gasteiger partial charge < -0.3 is 10.1 Å². The SMILES string of the molecule is OCc1cc2cc(C(F)(F)F)cnc2[nH]1. The van der Waals surface area contributed by atoms with Gasteiger partial charge in [0.25, 0.3) is 0 Å². The molecule has 2 N–H and O–H groups in total. The van der Waals surface area contributed by atoms with E-state index in [1.807, 2.05) is 0 Å². The number of pyridine rings is 1. The molecule has 2 aromatic heterocycles. The molecule has 0 radical (unpaired) electrons. The molecule has 6 heteroatoms. The number of aliphatic hydroxyl groups is 1. The fourth-order valence-corrected chi connectivity index (χ4v) is 1.31. The highest BCUT2D eigenvalue weighted by Crippen LogP contribution is 2.30. The molecule has 0 bridgehead atoms. The summed E-state index contributed by atoms with van der Waals surface area (Å²) in [6.45, 7) is -0.252. The van der Waals surface area contributed by atoms with E-state index in [9.17, 15) is 13.2 Å². The van der Waals surface area contributed by atoms with Crippen molar-refractivity contribution >= 4 is 11.0 Å². The summed E-state index contributed by atoms with van der Waals surface area (Å²) in [5.41, 5.74) is -0.0117. The Balaban J connectivity index is 2.55. The van der Waals surface area contributed by atoms with Crippen LogP contribution in [0.15, 0.2) is 18.3 Å². The summed E-state index contributed by atoms with van der Waals surface area (Å²) in [4.78, 5) is 6.33. The van der Waals surface area contributed by atoms with Crippen LogP contribution in [-0.2, 0) is 12.8 Å². The van der Waals surface area contributed by atoms with Gasteiger partial charge in [0.15, 0.2) is 0 Å². The van der Waals surface area contributed by atoms with Gasteiger partial charge in [-0.2, -0.15) is 13.2 Å². The number of hydrogen-bond acceptors (Lipinski definition) is 2. The van der Waals surface area contributed by atoms with Crippen LogP contribution in [0.3, 0.4) is 0 Å². The maximum atomic E-state index is 12.3. The Labute approximate surface area is 82.6 Å². The van der Waals surface area contributed by atoms with Gasteiger partial charge in [0.05, 0.1) is 12.2 Å². The molecule has 0 atom stereocenters. The van der Waals surface area contributed by atoms with Crippen LogP contribution in [0.1, 0.15) is 11.3 Å². The monoisotopic (exact) mass is 216 g/mol. The van der Waals surface area contributed by atoms with Crippen LogP contribution in [0, 0.1) is 0 Å². The number of nitrogens with one attached hydrogen (secondary N) is 1. The highest BCUT2D eigenvalue weighted by atomic mass is 19.4. The number of fused-ring (bicyclic) bond motifs is 1. The summed E-state index contributed by atoms with van der Waals surface area (Å²) in [5, 5.41) is 9.13. The molecule has 0 spiro atoms. The Morgan fingerprint density at radius 2 is 2.07 bits per heavy atom. The largest absolute Gasteiger partial charge is 0.417 e. The summed E-state index contributed by atoms with van der Waals surface area (Å²) in [6, 6.07) is 2.44. The van der Waals surface area contributed by atoms with Gasteiger partial charge in [-0.1, -0.05) is 0 Å². The van der Waals surface area contributed by atoms with Crippen molar-refractivity contribution in [1.82, 2.24) is 9.97 Å². The van der Waals surface area contributed by atoms with Crippen molar-refractivity contribution in [3.05, 3.63) is 29.6 Å². The molecular weight excluding hydrogens is 209 g/mol. The number of aliphatic hydroxyl groups excluding tert-OH is 1. The highest BCUT2D eigenvalue weighted by Gasteiger charge is 2.31. The van der Waals surface area contributed by atoms with Gasteiger partial charge in [-0.3, -0.25) is 0 Å². The van der Waals surface area contributed by atoms with Gasteiger partial charge in [-0.05, 0) is 12.1 Å². The Hall–Kier alpha value is -1.56. The zero-order valence-electron chi connectivity index (χ0n) is 7.47. The number of aromatic amines is 1. The molecule has 0 saturated carbocycles. The lowest BCUT2D eigenvalue weighted by molar-refractivity contribution is -0.137. The van der Waals surface area contributed by atoms with E-state index < -0.39 is 11.7 Å². The van der Waals surface area contributed by atoms with E-state index in [2.05, 4.69) is 9.97 Å². The van der Waals surface area contributed by atoms with Crippen molar-refractivity contribution in [2.75, 3.05) is 0 Å². The van der Waals surface area contributed by atoms with Gasteiger partial charge in [-0.25, -0.2) is 4.98 Å². The first-order chi connectivity index (χ1) is 7.00. The summed E-state index contributed by atoms with van der Waals surface area (Å²) in [5.74, 6) is 0. The predicted molar refractivity (Wildman–Crippen MR) is 47.0 cm³/mol. The Bertz CT molecular complexity index is 490. The van der Waals surface area contributed by atoms with Crippen LogP contribution >= 0.6 is 0 Å². The third-order valence-corrected chi connectivity index (χ3v) is 2.02. The van der Waals surface area contributed by atoms with Gasteiger partial charge >= 0.3 is 6.18 Å². The van der Waals surface area contributed by atoms with E-state index in [1.54, 1.807) is 0 Å². The molecule has 0 unspecified atom stereocenters. The lowest BCUT2D eigenvalue weighted by Gasteiger charge is -2.04. The highest BCUT2D eigenvalue weighted by molar-refractivity contribution is 5.77. The fourth-order valence-electron chi connectivity index (χ4n) is 1.31. The van der Waals surface area contributed by atoms with Crippen molar-refractivity contribution < 1.29 is 18.3 Å². The molecule has 0 aliphatic rings. The number of nitrogens with zero attached hydrogens (tertiary/aromatic N) is 1. The molecule has 3 nitrogen and oxygen atoms in total. The molecule has 2 aromatic rings. The molecule has 2 rings (SSSR count). The van der Waals surface area contributed by atoms with Gasteiger partial charge in [0, 0.05) is 17.3 Å². The lowest BCUT2D eigenvalue weighted by Crippen LogP contribution is -2.04. The molecule has 0 aliphatic carbocycles. The first kappa shape index (κ1) is 9.97. The van der Waals surface area contributed by atoms with Crippen LogP contribution in [0.2, 0.25) is 0 Å². The molecule has 0 saturated heterocycles. The molecule has 80 valence electrons. The van der Waals surface area contributed by atoms with Crippen molar-refractivity contribution in [1.29, 1.82) is 0 Å². The van der Waals surface area contributed by atoms with Crippen LogP contribution in [0.25, 0.3) is 11.0 Å². The third kappa shape index (κ3) is 1.80. The number of aromatic nitrogens is 2. The van der Waals surface area contributed by atoms with Crippen molar-refractivity contribution in [3.63, 3.8) is 0 Å². The second kappa shape index (κ2) is 3.23. The zero-order chi connectivity index (χ0) is 11.1. The van der Waals surface area contributed by atoms with Crippen molar-refractivity contribution in [2.24, 2.45) is 0 Å². The molecular formula is C9H7F3N2O. The average molecular weight is 216 g/mol. The quantitative estimate of drug-likeness (QED) is 0.766. The lowest BCUT2D eigenvalue weighted by atomic mass is 10.2. The standard InChI is InChI=1S/C9H7F3N2O/c10-9(11,12)6-1-5-2-7(4-15)14-8(5)13-3-6/h1-3,15H,4H2,(H,13,14). The number of halogens is 3.